The Morgan fingerprint density at radius 3 is 2.59 bits per heavy atom. The zero-order chi connectivity index (χ0) is 19.2. The zero-order valence-electron chi connectivity index (χ0n) is 14.3. The largest absolute Gasteiger partial charge is 0.355 e. The summed E-state index contributed by atoms with van der Waals surface area (Å²) >= 11 is 7.55. The molecule has 7 nitrogen and oxygen atoms in total. The van der Waals surface area contributed by atoms with Crippen LogP contribution in [0.1, 0.15) is 26.3 Å². The van der Waals surface area contributed by atoms with Crippen LogP contribution in [-0.4, -0.2) is 34.0 Å². The highest BCUT2D eigenvalue weighted by atomic mass is 35.5. The zero-order valence-corrected chi connectivity index (χ0v) is 15.9. The average Bonchev–Trinajstić information content (AvgIpc) is 3.21. The van der Waals surface area contributed by atoms with Crippen molar-refractivity contribution in [2.24, 2.45) is 0 Å². The number of rotatable bonds is 6. The number of anilines is 1. The maximum atomic E-state index is 12.4. The molecule has 0 radical (unpaired) electrons. The van der Waals surface area contributed by atoms with Crippen molar-refractivity contribution in [3.05, 3.63) is 70.5 Å². The van der Waals surface area contributed by atoms with E-state index in [-0.39, 0.29) is 11.8 Å². The Labute approximate surface area is 164 Å². The highest BCUT2D eigenvalue weighted by molar-refractivity contribution is 7.98. The topological polar surface area (TPSA) is 99.8 Å². The molecule has 2 amide bonds. The number of halogens is 1. The predicted octanol–water partition coefficient (Wildman–Crippen LogP) is 3.36. The van der Waals surface area contributed by atoms with Crippen LogP contribution in [0.5, 0.6) is 0 Å². The van der Waals surface area contributed by atoms with Crippen LogP contribution in [0.4, 0.5) is 5.69 Å². The van der Waals surface area contributed by atoms with Crippen molar-refractivity contribution in [2.45, 2.75) is 10.9 Å². The summed E-state index contributed by atoms with van der Waals surface area (Å²) in [5.74, 6) is 0.128. The number of carbonyl (C=O) groups excluding carboxylic acids is 2. The molecule has 9 heteroatoms. The number of hydrogen-bond acceptors (Lipinski definition) is 5. The highest BCUT2D eigenvalue weighted by Crippen LogP contribution is 2.22. The second-order valence-electron chi connectivity index (χ2n) is 5.50. The van der Waals surface area contributed by atoms with Crippen LogP contribution in [0.15, 0.2) is 53.9 Å². The lowest BCUT2D eigenvalue weighted by molar-refractivity contribution is 0.0961. The number of nitrogens with one attached hydrogen (secondary N) is 3. The van der Waals surface area contributed by atoms with E-state index in [0.29, 0.717) is 27.6 Å². The Bertz CT molecular complexity index is 945. The van der Waals surface area contributed by atoms with Gasteiger partial charge < -0.3 is 10.6 Å². The molecule has 3 N–H and O–H groups in total. The van der Waals surface area contributed by atoms with E-state index in [4.69, 9.17) is 11.6 Å². The van der Waals surface area contributed by atoms with Crippen LogP contribution >= 0.6 is 23.4 Å². The van der Waals surface area contributed by atoms with Crippen LogP contribution in [0.3, 0.4) is 0 Å². The molecular weight excluding hydrogens is 386 g/mol. The third-order valence-electron chi connectivity index (χ3n) is 3.68. The van der Waals surface area contributed by atoms with Gasteiger partial charge in [0.1, 0.15) is 6.33 Å². The van der Waals surface area contributed by atoms with Gasteiger partial charge in [0.25, 0.3) is 11.8 Å². The standard InChI is InChI=1S/C18H16ClN5O2S/c1-20-17(26)14-8-13(6-7-15(14)19)23-16(25)12-4-2-11(3-5-12)9-27-18-21-10-22-24-18/h2-8,10H,9H2,1H3,(H,20,26)(H,23,25)(H,21,22,24). The third kappa shape index (κ3) is 4.87. The molecule has 0 unspecified atom stereocenters. The maximum absolute atomic E-state index is 12.4. The van der Waals surface area contributed by atoms with E-state index in [9.17, 15) is 9.59 Å². The Kier molecular flexibility index (Phi) is 6.10. The maximum Gasteiger partial charge on any atom is 0.255 e. The number of nitrogens with zero attached hydrogens (tertiary/aromatic N) is 2. The number of aromatic amines is 1. The second kappa shape index (κ2) is 8.70. The molecule has 0 saturated heterocycles. The molecule has 2 aromatic carbocycles. The number of hydrogen-bond donors (Lipinski definition) is 3. The summed E-state index contributed by atoms with van der Waals surface area (Å²) in [5, 5.41) is 12.9. The van der Waals surface area contributed by atoms with Crippen molar-refractivity contribution in [3.8, 4) is 0 Å². The Morgan fingerprint density at radius 2 is 1.93 bits per heavy atom. The van der Waals surface area contributed by atoms with E-state index in [0.717, 1.165) is 10.7 Å². The quantitative estimate of drug-likeness (QED) is 0.550. The molecule has 0 aliphatic rings. The van der Waals surface area contributed by atoms with Gasteiger partial charge >= 0.3 is 0 Å². The summed E-state index contributed by atoms with van der Waals surface area (Å²) in [6, 6.07) is 12.0. The van der Waals surface area contributed by atoms with Crippen molar-refractivity contribution >= 4 is 40.9 Å². The van der Waals surface area contributed by atoms with Crippen LogP contribution in [0, 0.1) is 0 Å². The van der Waals surface area contributed by atoms with Gasteiger partial charge in [0.2, 0.25) is 0 Å². The van der Waals surface area contributed by atoms with Gasteiger partial charge in [-0.3, -0.25) is 14.7 Å². The molecule has 0 fully saturated rings. The summed E-state index contributed by atoms with van der Waals surface area (Å²) < 4.78 is 0. The molecule has 1 heterocycles. The van der Waals surface area contributed by atoms with E-state index in [1.165, 1.54) is 25.1 Å². The fourth-order valence-corrected chi connectivity index (χ4v) is 3.22. The fraction of sp³-hybridized carbons (Fsp3) is 0.111. The van der Waals surface area contributed by atoms with Gasteiger partial charge in [0.15, 0.2) is 5.16 Å². The fourth-order valence-electron chi connectivity index (χ4n) is 2.28. The number of H-pyrrole nitrogens is 1. The van der Waals surface area contributed by atoms with E-state index >= 15 is 0 Å². The smallest absolute Gasteiger partial charge is 0.255 e. The van der Waals surface area contributed by atoms with Crippen molar-refractivity contribution < 1.29 is 9.59 Å². The molecule has 0 bridgehead atoms. The molecule has 0 saturated carbocycles. The molecular formula is C18H16ClN5O2S. The first-order valence-electron chi connectivity index (χ1n) is 7.97. The van der Waals surface area contributed by atoms with E-state index in [2.05, 4.69) is 25.8 Å². The lowest BCUT2D eigenvalue weighted by Gasteiger charge is -2.09. The summed E-state index contributed by atoms with van der Waals surface area (Å²) in [6.45, 7) is 0. The number of benzene rings is 2. The molecule has 3 rings (SSSR count). The first kappa shape index (κ1) is 18.9. The molecule has 3 aromatic rings. The minimum Gasteiger partial charge on any atom is -0.355 e. The lowest BCUT2D eigenvalue weighted by Crippen LogP contribution is -2.19. The minimum atomic E-state index is -0.315. The van der Waals surface area contributed by atoms with Gasteiger partial charge in [-0.2, -0.15) is 5.10 Å². The monoisotopic (exact) mass is 401 g/mol. The van der Waals surface area contributed by atoms with Gasteiger partial charge in [0, 0.05) is 24.1 Å². The van der Waals surface area contributed by atoms with Crippen LogP contribution in [-0.2, 0) is 5.75 Å². The second-order valence-corrected chi connectivity index (χ2v) is 6.88. The predicted molar refractivity (Wildman–Crippen MR) is 105 cm³/mol. The highest BCUT2D eigenvalue weighted by Gasteiger charge is 2.12. The van der Waals surface area contributed by atoms with E-state index in [1.54, 1.807) is 30.3 Å². The molecule has 138 valence electrons. The minimum absolute atomic E-state index is 0.269. The van der Waals surface area contributed by atoms with Gasteiger partial charge in [-0.15, -0.1) is 0 Å². The van der Waals surface area contributed by atoms with Gasteiger partial charge in [-0.25, -0.2) is 4.98 Å². The van der Waals surface area contributed by atoms with E-state index < -0.39 is 0 Å². The molecule has 27 heavy (non-hydrogen) atoms. The van der Waals surface area contributed by atoms with Crippen LogP contribution in [0.25, 0.3) is 0 Å². The molecule has 0 spiro atoms. The first-order valence-corrected chi connectivity index (χ1v) is 9.33. The molecule has 0 aliphatic heterocycles. The van der Waals surface area contributed by atoms with E-state index in [1.807, 2.05) is 12.1 Å². The number of carbonyl (C=O) groups is 2. The van der Waals surface area contributed by atoms with Crippen molar-refractivity contribution in [2.75, 3.05) is 12.4 Å². The summed E-state index contributed by atoms with van der Waals surface area (Å²) in [4.78, 5) is 28.3. The Hall–Kier alpha value is -2.84. The molecule has 0 atom stereocenters. The van der Waals surface area contributed by atoms with Crippen molar-refractivity contribution in [3.63, 3.8) is 0 Å². The van der Waals surface area contributed by atoms with Gasteiger partial charge in [-0.05, 0) is 35.9 Å². The van der Waals surface area contributed by atoms with Gasteiger partial charge in [0.05, 0.1) is 10.6 Å². The average molecular weight is 402 g/mol. The first-order chi connectivity index (χ1) is 13.1. The number of aromatic nitrogens is 3. The Morgan fingerprint density at radius 1 is 1.15 bits per heavy atom. The van der Waals surface area contributed by atoms with Gasteiger partial charge in [-0.1, -0.05) is 35.5 Å². The Balaban J connectivity index is 1.65. The summed E-state index contributed by atoms with van der Waals surface area (Å²) in [7, 11) is 1.52. The summed E-state index contributed by atoms with van der Waals surface area (Å²) in [6.07, 6.45) is 1.46. The normalized spacial score (nSPS) is 10.4. The molecule has 0 aliphatic carbocycles. The third-order valence-corrected chi connectivity index (χ3v) is 4.96. The van der Waals surface area contributed by atoms with Crippen molar-refractivity contribution in [1.82, 2.24) is 20.5 Å². The number of amides is 2. The summed E-state index contributed by atoms with van der Waals surface area (Å²) in [5.41, 5.74) is 2.37. The number of thioether (sulfide) groups is 1. The van der Waals surface area contributed by atoms with Crippen LogP contribution < -0.4 is 10.6 Å². The van der Waals surface area contributed by atoms with Crippen molar-refractivity contribution in [1.29, 1.82) is 0 Å². The lowest BCUT2D eigenvalue weighted by atomic mass is 10.1. The molecule has 1 aromatic heterocycles. The van der Waals surface area contributed by atoms with Crippen LogP contribution in [0.2, 0.25) is 5.02 Å². The SMILES string of the molecule is CNC(=O)c1cc(NC(=O)c2ccc(CSc3ncn[nH]3)cc2)ccc1Cl.